The Balaban J connectivity index is 2.52. The summed E-state index contributed by atoms with van der Waals surface area (Å²) in [7, 11) is 0. The van der Waals surface area contributed by atoms with Gasteiger partial charge in [0.25, 0.3) is 0 Å². The van der Waals surface area contributed by atoms with Crippen LogP contribution in [0, 0.1) is 0 Å². The molecule has 1 aromatic carbocycles. The highest BCUT2D eigenvalue weighted by Crippen LogP contribution is 2.25. The summed E-state index contributed by atoms with van der Waals surface area (Å²) >= 11 is 6.69. The summed E-state index contributed by atoms with van der Waals surface area (Å²) in [5.74, 6) is -0.197. The van der Waals surface area contributed by atoms with Gasteiger partial charge in [0.15, 0.2) is 0 Å². The highest BCUT2D eigenvalue weighted by molar-refractivity contribution is 9.11. The molecule has 20 heavy (non-hydrogen) atoms. The van der Waals surface area contributed by atoms with Crippen molar-refractivity contribution in [3.05, 3.63) is 27.1 Å². The van der Waals surface area contributed by atoms with E-state index in [1.54, 1.807) is 13.0 Å². The first-order valence-electron chi connectivity index (χ1n) is 6.24. The van der Waals surface area contributed by atoms with Gasteiger partial charge in [-0.3, -0.25) is 4.79 Å². The number of rotatable bonds is 5. The molecule has 110 valence electrons. The molecule has 1 aromatic rings. The zero-order valence-electron chi connectivity index (χ0n) is 11.3. The second-order valence-electron chi connectivity index (χ2n) is 4.24. The molecule has 0 saturated heterocycles. The zero-order valence-corrected chi connectivity index (χ0v) is 14.5. The fraction of sp³-hybridized carbons (Fsp3) is 0.385. The number of nitrogens with one attached hydrogen (secondary N) is 3. The average molecular weight is 407 g/mol. The van der Waals surface area contributed by atoms with E-state index in [9.17, 15) is 9.59 Å². The van der Waals surface area contributed by atoms with Crippen LogP contribution in [-0.2, 0) is 4.79 Å². The number of hydrogen-bond acceptors (Lipinski definition) is 2. The van der Waals surface area contributed by atoms with Gasteiger partial charge in [0, 0.05) is 15.5 Å². The normalized spacial score (nSPS) is 11.6. The molecule has 0 unspecified atom stereocenters. The van der Waals surface area contributed by atoms with E-state index in [-0.39, 0.29) is 5.91 Å². The molecule has 0 saturated carbocycles. The van der Waals surface area contributed by atoms with Crippen molar-refractivity contribution in [2.24, 2.45) is 0 Å². The molecular formula is C13H17Br2N3O2. The Morgan fingerprint density at radius 2 is 2.00 bits per heavy atom. The average Bonchev–Trinajstić information content (AvgIpc) is 2.39. The van der Waals surface area contributed by atoms with Gasteiger partial charge in [0.2, 0.25) is 5.91 Å². The molecule has 0 radical (unpaired) electrons. The van der Waals surface area contributed by atoms with Crippen LogP contribution in [0.5, 0.6) is 0 Å². The number of carbonyl (C=O) groups excluding carboxylic acids is 2. The molecule has 0 aliphatic carbocycles. The Kier molecular flexibility index (Phi) is 7.01. The highest BCUT2D eigenvalue weighted by atomic mass is 79.9. The molecule has 0 bridgehead atoms. The summed E-state index contributed by atoms with van der Waals surface area (Å²) in [6.45, 7) is 4.21. The van der Waals surface area contributed by atoms with Crippen molar-refractivity contribution in [1.29, 1.82) is 0 Å². The van der Waals surface area contributed by atoms with Crippen LogP contribution in [0.25, 0.3) is 0 Å². The van der Waals surface area contributed by atoms with Crippen LogP contribution in [0.15, 0.2) is 27.1 Å². The maximum absolute atomic E-state index is 11.8. The van der Waals surface area contributed by atoms with E-state index in [2.05, 4.69) is 47.8 Å². The Hall–Kier alpha value is -1.08. The van der Waals surface area contributed by atoms with E-state index >= 15 is 0 Å². The lowest BCUT2D eigenvalue weighted by atomic mass is 10.3. The van der Waals surface area contributed by atoms with E-state index in [4.69, 9.17) is 0 Å². The minimum absolute atomic E-state index is 0.197. The Morgan fingerprint density at radius 3 is 2.60 bits per heavy atom. The van der Waals surface area contributed by atoms with Crippen molar-refractivity contribution in [3.8, 4) is 0 Å². The van der Waals surface area contributed by atoms with Gasteiger partial charge < -0.3 is 16.0 Å². The van der Waals surface area contributed by atoms with Gasteiger partial charge >= 0.3 is 6.03 Å². The maximum Gasteiger partial charge on any atom is 0.319 e. The van der Waals surface area contributed by atoms with Crippen LogP contribution in [0.2, 0.25) is 0 Å². The van der Waals surface area contributed by atoms with E-state index in [0.717, 1.165) is 15.4 Å². The highest BCUT2D eigenvalue weighted by Gasteiger charge is 2.15. The van der Waals surface area contributed by atoms with Crippen molar-refractivity contribution in [2.75, 3.05) is 11.9 Å². The van der Waals surface area contributed by atoms with Gasteiger partial charge in [0.05, 0.1) is 5.69 Å². The maximum atomic E-state index is 11.8. The minimum atomic E-state index is -0.587. The van der Waals surface area contributed by atoms with Crippen LogP contribution >= 0.6 is 31.9 Å². The van der Waals surface area contributed by atoms with E-state index in [1.807, 2.05) is 19.1 Å². The second-order valence-corrected chi connectivity index (χ2v) is 6.01. The molecule has 3 amide bonds. The fourth-order valence-electron chi connectivity index (χ4n) is 1.41. The molecule has 0 aliphatic heterocycles. The zero-order chi connectivity index (χ0) is 15.1. The monoisotopic (exact) mass is 405 g/mol. The number of urea groups is 1. The molecular weight excluding hydrogens is 390 g/mol. The molecule has 5 nitrogen and oxygen atoms in total. The first-order chi connectivity index (χ1) is 9.43. The van der Waals surface area contributed by atoms with Gasteiger partial charge in [-0.1, -0.05) is 22.9 Å². The molecule has 1 rings (SSSR count). The van der Waals surface area contributed by atoms with Crippen molar-refractivity contribution in [1.82, 2.24) is 10.6 Å². The lowest BCUT2D eigenvalue weighted by Gasteiger charge is -2.15. The summed E-state index contributed by atoms with van der Waals surface area (Å²) in [4.78, 5) is 23.4. The predicted octanol–water partition coefficient (Wildman–Crippen LogP) is 3.25. The summed E-state index contributed by atoms with van der Waals surface area (Å²) in [6, 6.07) is 4.39. The van der Waals surface area contributed by atoms with Crippen LogP contribution in [-0.4, -0.2) is 24.5 Å². The van der Waals surface area contributed by atoms with E-state index in [1.165, 1.54) is 0 Å². The standard InChI is InChI=1S/C13H17Br2N3O2/c1-3-6-16-12(19)8(2)17-13(20)18-11-5-4-9(14)7-10(11)15/h4-5,7-8H,3,6H2,1-2H3,(H,16,19)(H2,17,18,20)/t8-/m0/s1. The van der Waals surface area contributed by atoms with Crippen LogP contribution in [0.3, 0.4) is 0 Å². The molecule has 0 aromatic heterocycles. The first kappa shape index (κ1) is 17.0. The predicted molar refractivity (Wildman–Crippen MR) is 86.8 cm³/mol. The van der Waals surface area contributed by atoms with Crippen molar-refractivity contribution in [2.45, 2.75) is 26.3 Å². The van der Waals surface area contributed by atoms with Crippen molar-refractivity contribution < 1.29 is 9.59 Å². The smallest absolute Gasteiger partial charge is 0.319 e. The third-order valence-corrected chi connectivity index (χ3v) is 3.62. The van der Waals surface area contributed by atoms with Gasteiger partial charge in [0.1, 0.15) is 6.04 Å². The SMILES string of the molecule is CCCNC(=O)[C@H](C)NC(=O)Nc1ccc(Br)cc1Br. The number of benzene rings is 1. The Morgan fingerprint density at radius 1 is 1.30 bits per heavy atom. The van der Waals surface area contributed by atoms with E-state index < -0.39 is 12.1 Å². The van der Waals surface area contributed by atoms with Crippen molar-refractivity contribution >= 4 is 49.5 Å². The second kappa shape index (κ2) is 8.26. The minimum Gasteiger partial charge on any atom is -0.354 e. The molecule has 0 aliphatic rings. The quantitative estimate of drug-likeness (QED) is 0.702. The van der Waals surface area contributed by atoms with Gasteiger partial charge in [-0.05, 0) is 47.5 Å². The topological polar surface area (TPSA) is 70.2 Å². The third kappa shape index (κ3) is 5.50. The first-order valence-corrected chi connectivity index (χ1v) is 7.83. The fourth-order valence-corrected chi connectivity index (χ4v) is 2.56. The summed E-state index contributed by atoms with van der Waals surface area (Å²) < 4.78 is 1.66. The molecule has 0 fully saturated rings. The lowest BCUT2D eigenvalue weighted by molar-refractivity contribution is -0.122. The molecule has 0 heterocycles. The molecule has 0 spiro atoms. The van der Waals surface area contributed by atoms with Gasteiger partial charge in [-0.2, -0.15) is 0 Å². The number of amides is 3. The van der Waals surface area contributed by atoms with E-state index in [0.29, 0.717) is 12.2 Å². The number of carbonyl (C=O) groups is 2. The number of anilines is 1. The van der Waals surface area contributed by atoms with Crippen molar-refractivity contribution in [3.63, 3.8) is 0 Å². The van der Waals surface area contributed by atoms with Crippen LogP contribution < -0.4 is 16.0 Å². The largest absolute Gasteiger partial charge is 0.354 e. The van der Waals surface area contributed by atoms with Gasteiger partial charge in [-0.15, -0.1) is 0 Å². The van der Waals surface area contributed by atoms with Gasteiger partial charge in [-0.25, -0.2) is 4.79 Å². The number of halogens is 2. The molecule has 1 atom stereocenters. The Bertz CT molecular complexity index is 495. The molecule has 7 heteroatoms. The molecule has 3 N–H and O–H groups in total. The third-order valence-electron chi connectivity index (χ3n) is 2.47. The van der Waals surface area contributed by atoms with Crippen LogP contribution in [0.1, 0.15) is 20.3 Å². The van der Waals surface area contributed by atoms with Crippen LogP contribution in [0.4, 0.5) is 10.5 Å². The number of hydrogen-bond donors (Lipinski definition) is 3. The Labute approximate surface area is 135 Å². The summed E-state index contributed by atoms with van der Waals surface area (Å²) in [5.41, 5.74) is 0.631. The summed E-state index contributed by atoms with van der Waals surface area (Å²) in [6.07, 6.45) is 0.858. The summed E-state index contributed by atoms with van der Waals surface area (Å²) in [5, 5.41) is 7.99. The lowest BCUT2D eigenvalue weighted by Crippen LogP contribution is -2.46.